The van der Waals surface area contributed by atoms with Gasteiger partial charge >= 0.3 is 0 Å². The molecule has 0 fully saturated rings. The first-order valence-electron chi connectivity index (χ1n) is 5.68. The maximum Gasteiger partial charge on any atom is 0.144 e. The minimum Gasteiger partial charge on any atom is -0.507 e. The Kier molecular flexibility index (Phi) is 2.68. The summed E-state index contributed by atoms with van der Waals surface area (Å²) in [5, 5.41) is 10.4. The lowest BCUT2D eigenvalue weighted by Crippen LogP contribution is -1.93. The van der Waals surface area contributed by atoms with Crippen molar-refractivity contribution in [2.75, 3.05) is 0 Å². The van der Waals surface area contributed by atoms with Crippen LogP contribution < -0.4 is 0 Å². The Morgan fingerprint density at radius 2 is 2.05 bits per heavy atom. The Hall–Kier alpha value is -2.07. The molecule has 0 aliphatic rings. The molecule has 1 heterocycles. The first-order valence-corrected chi connectivity index (χ1v) is 6.05. The molecule has 2 aromatic carbocycles. The fourth-order valence-electron chi connectivity index (χ4n) is 2.16. The molecule has 1 N–H and O–H groups in total. The Labute approximate surface area is 113 Å². The fourth-order valence-corrected chi connectivity index (χ4v) is 2.45. The molecule has 0 amide bonds. The van der Waals surface area contributed by atoms with E-state index < -0.39 is 5.82 Å². The van der Waals surface area contributed by atoms with Crippen LogP contribution in [0.5, 0.6) is 5.75 Å². The monoisotopic (exact) mass is 276 g/mol. The third-order valence-electron chi connectivity index (χ3n) is 3.05. The van der Waals surface area contributed by atoms with Crippen molar-refractivity contribution in [2.24, 2.45) is 7.05 Å². The van der Waals surface area contributed by atoms with Gasteiger partial charge in [-0.25, -0.2) is 9.37 Å². The highest BCUT2D eigenvalue weighted by atomic mass is 35.5. The smallest absolute Gasteiger partial charge is 0.144 e. The van der Waals surface area contributed by atoms with Crippen LogP contribution in [0.1, 0.15) is 0 Å². The number of aromatic nitrogens is 2. The number of imidazole rings is 1. The lowest BCUT2D eigenvalue weighted by Gasteiger charge is -2.05. The number of aromatic hydroxyl groups is 1. The van der Waals surface area contributed by atoms with E-state index in [0.717, 1.165) is 17.1 Å². The molecule has 0 spiro atoms. The maximum absolute atomic E-state index is 13.0. The lowest BCUT2D eigenvalue weighted by molar-refractivity contribution is 0.470. The molecule has 3 rings (SSSR count). The van der Waals surface area contributed by atoms with Gasteiger partial charge in [-0.15, -0.1) is 0 Å². The van der Waals surface area contributed by atoms with E-state index in [1.165, 1.54) is 12.1 Å². The number of nitrogens with zero attached hydrogens (tertiary/aromatic N) is 2. The average Bonchev–Trinajstić information content (AvgIpc) is 2.68. The lowest BCUT2D eigenvalue weighted by atomic mass is 10.2. The van der Waals surface area contributed by atoms with Crippen LogP contribution in [-0.4, -0.2) is 14.7 Å². The summed E-state index contributed by atoms with van der Waals surface area (Å²) >= 11 is 6.14. The molecule has 0 aliphatic carbocycles. The van der Waals surface area contributed by atoms with Crippen molar-refractivity contribution in [3.05, 3.63) is 47.2 Å². The molecule has 0 atom stereocenters. The Morgan fingerprint density at radius 3 is 2.74 bits per heavy atom. The second kappa shape index (κ2) is 4.24. The van der Waals surface area contributed by atoms with Gasteiger partial charge < -0.3 is 9.67 Å². The summed E-state index contributed by atoms with van der Waals surface area (Å²) in [6, 6.07) is 9.28. The van der Waals surface area contributed by atoms with Gasteiger partial charge in [0.05, 0.1) is 21.6 Å². The molecular weight excluding hydrogens is 267 g/mol. The highest BCUT2D eigenvalue weighted by Crippen LogP contribution is 2.33. The van der Waals surface area contributed by atoms with Gasteiger partial charge in [-0.1, -0.05) is 17.7 Å². The number of phenols is 1. The number of aryl methyl sites for hydroxylation is 1. The Morgan fingerprint density at radius 1 is 1.26 bits per heavy atom. The van der Waals surface area contributed by atoms with E-state index in [4.69, 9.17) is 11.6 Å². The van der Waals surface area contributed by atoms with Gasteiger partial charge in [0.2, 0.25) is 0 Å². The van der Waals surface area contributed by atoms with E-state index in [1.54, 1.807) is 17.7 Å². The van der Waals surface area contributed by atoms with Crippen LogP contribution in [-0.2, 0) is 7.05 Å². The standard InChI is InChI=1S/C14H10ClFN2O/c1-18-13-10(15)3-2-4-11(13)17-14(18)9-6-5-8(16)7-12(9)19/h2-7,19H,1H3. The molecule has 3 aromatic rings. The van der Waals surface area contributed by atoms with Crippen LogP contribution in [0.3, 0.4) is 0 Å². The van der Waals surface area contributed by atoms with Gasteiger partial charge in [-0.05, 0) is 24.3 Å². The third kappa shape index (κ3) is 1.85. The topological polar surface area (TPSA) is 38.0 Å². The van der Waals surface area contributed by atoms with E-state index in [0.29, 0.717) is 16.4 Å². The summed E-state index contributed by atoms with van der Waals surface area (Å²) < 4.78 is 14.8. The van der Waals surface area contributed by atoms with E-state index in [1.807, 2.05) is 12.1 Å². The molecule has 5 heteroatoms. The molecule has 1 aromatic heterocycles. The number of hydrogen-bond acceptors (Lipinski definition) is 2. The van der Waals surface area contributed by atoms with Crippen LogP contribution in [0.4, 0.5) is 4.39 Å². The van der Waals surface area contributed by atoms with Crippen molar-refractivity contribution < 1.29 is 9.50 Å². The van der Waals surface area contributed by atoms with Gasteiger partial charge in [0, 0.05) is 13.1 Å². The minimum atomic E-state index is -0.488. The quantitative estimate of drug-likeness (QED) is 0.735. The number of para-hydroxylation sites is 1. The summed E-state index contributed by atoms with van der Waals surface area (Å²) in [5.74, 6) is -0.0897. The molecule has 0 aliphatic heterocycles. The Bertz CT molecular complexity index is 782. The summed E-state index contributed by atoms with van der Waals surface area (Å²) in [6.45, 7) is 0. The number of halogens is 2. The molecule has 3 nitrogen and oxygen atoms in total. The van der Waals surface area contributed by atoms with Crippen molar-refractivity contribution in [1.82, 2.24) is 9.55 Å². The molecule has 0 radical (unpaired) electrons. The van der Waals surface area contributed by atoms with Crippen LogP contribution in [0.25, 0.3) is 22.4 Å². The first-order chi connectivity index (χ1) is 9.08. The maximum atomic E-state index is 13.0. The van der Waals surface area contributed by atoms with E-state index in [2.05, 4.69) is 4.98 Å². The number of phenolic OH excluding ortho intramolecular Hbond substituents is 1. The van der Waals surface area contributed by atoms with Crippen LogP contribution in [0.15, 0.2) is 36.4 Å². The SMILES string of the molecule is Cn1c(-c2ccc(F)cc2O)nc2cccc(Cl)c21. The van der Waals surface area contributed by atoms with E-state index in [9.17, 15) is 9.50 Å². The summed E-state index contributed by atoms with van der Waals surface area (Å²) in [4.78, 5) is 4.43. The second-order valence-electron chi connectivity index (χ2n) is 4.26. The molecule has 0 saturated heterocycles. The number of fused-ring (bicyclic) bond motifs is 1. The number of rotatable bonds is 1. The highest BCUT2D eigenvalue weighted by Gasteiger charge is 2.15. The van der Waals surface area contributed by atoms with Crippen molar-refractivity contribution in [3.63, 3.8) is 0 Å². The van der Waals surface area contributed by atoms with E-state index >= 15 is 0 Å². The highest BCUT2D eigenvalue weighted by molar-refractivity contribution is 6.35. The molecule has 0 unspecified atom stereocenters. The number of benzene rings is 2. The second-order valence-corrected chi connectivity index (χ2v) is 4.67. The largest absolute Gasteiger partial charge is 0.507 e. The van der Waals surface area contributed by atoms with Gasteiger partial charge in [0.25, 0.3) is 0 Å². The fraction of sp³-hybridized carbons (Fsp3) is 0.0714. The molecule has 0 bridgehead atoms. The summed E-state index contributed by atoms with van der Waals surface area (Å²) in [6.07, 6.45) is 0. The molecule has 19 heavy (non-hydrogen) atoms. The zero-order valence-electron chi connectivity index (χ0n) is 10.1. The van der Waals surface area contributed by atoms with Crippen molar-refractivity contribution in [1.29, 1.82) is 0 Å². The zero-order chi connectivity index (χ0) is 13.6. The third-order valence-corrected chi connectivity index (χ3v) is 3.35. The zero-order valence-corrected chi connectivity index (χ0v) is 10.8. The normalized spacial score (nSPS) is 11.1. The predicted molar refractivity (Wildman–Crippen MR) is 72.8 cm³/mol. The van der Waals surface area contributed by atoms with Crippen molar-refractivity contribution in [2.45, 2.75) is 0 Å². The average molecular weight is 277 g/mol. The van der Waals surface area contributed by atoms with Gasteiger partial charge in [0.1, 0.15) is 17.4 Å². The van der Waals surface area contributed by atoms with Gasteiger partial charge in [0.15, 0.2) is 0 Å². The number of hydrogen-bond donors (Lipinski definition) is 1. The summed E-state index contributed by atoms with van der Waals surface area (Å²) in [7, 11) is 1.80. The van der Waals surface area contributed by atoms with Crippen LogP contribution in [0.2, 0.25) is 5.02 Å². The Balaban J connectivity index is 2.31. The van der Waals surface area contributed by atoms with Crippen molar-refractivity contribution >= 4 is 22.6 Å². The van der Waals surface area contributed by atoms with Crippen molar-refractivity contribution in [3.8, 4) is 17.1 Å². The van der Waals surface area contributed by atoms with Crippen LogP contribution >= 0.6 is 11.6 Å². The minimum absolute atomic E-state index is 0.144. The molecule has 0 saturated carbocycles. The predicted octanol–water partition coefficient (Wildman–Crippen LogP) is 3.74. The molecular formula is C14H10ClFN2O. The van der Waals surface area contributed by atoms with Gasteiger partial charge in [-0.3, -0.25) is 0 Å². The van der Waals surface area contributed by atoms with Gasteiger partial charge in [-0.2, -0.15) is 0 Å². The van der Waals surface area contributed by atoms with Crippen LogP contribution in [0, 0.1) is 5.82 Å². The summed E-state index contributed by atoms with van der Waals surface area (Å²) in [5.41, 5.74) is 1.98. The molecule has 96 valence electrons. The van der Waals surface area contributed by atoms with E-state index in [-0.39, 0.29) is 5.75 Å². The first kappa shape index (κ1) is 12.0.